The lowest BCUT2D eigenvalue weighted by molar-refractivity contribution is 0.170. The second-order valence-corrected chi connectivity index (χ2v) is 15.5. The zero-order valence-electron chi connectivity index (χ0n) is 30.5. The monoisotopic (exact) mass is 717 g/mol. The summed E-state index contributed by atoms with van der Waals surface area (Å²) in [6, 6.07) is 29.8. The molecule has 0 aliphatic carbocycles. The van der Waals surface area contributed by atoms with Gasteiger partial charge in [-0.25, -0.2) is 8.42 Å². The van der Waals surface area contributed by atoms with E-state index in [4.69, 9.17) is 4.74 Å². The van der Waals surface area contributed by atoms with E-state index in [0.29, 0.717) is 36.5 Å². The van der Waals surface area contributed by atoms with E-state index in [1.165, 1.54) is 23.3 Å². The molecule has 5 N–H and O–H groups in total. The molecule has 51 heavy (non-hydrogen) atoms. The van der Waals surface area contributed by atoms with Crippen molar-refractivity contribution >= 4 is 15.7 Å². The summed E-state index contributed by atoms with van der Waals surface area (Å²) in [6.45, 7) is 11.4. The molecular formula is C41H55N3O6S. The van der Waals surface area contributed by atoms with Gasteiger partial charge in [0.2, 0.25) is 10.0 Å². The molecule has 10 heteroatoms. The molecule has 2 atom stereocenters. The minimum absolute atomic E-state index is 0.0316. The SMILES string of the molecule is CC(C)N(CC[C@H](c1ccccc1)c1cc(CCCOc2ccc(CCNC[C@H](O)c3ccc(O)c(NS(C)(=O)=O)c3)cc2)ccc1O)C(C)C. The Kier molecular flexibility index (Phi) is 14.7. The van der Waals surface area contributed by atoms with E-state index in [1.807, 2.05) is 42.5 Å². The van der Waals surface area contributed by atoms with Crippen LogP contribution in [0.1, 0.15) is 80.4 Å². The molecule has 0 aromatic heterocycles. The molecule has 4 rings (SSSR count). The van der Waals surface area contributed by atoms with Crippen molar-refractivity contribution in [3.8, 4) is 17.2 Å². The summed E-state index contributed by atoms with van der Waals surface area (Å²) in [7, 11) is -3.56. The maximum atomic E-state index is 11.5. The highest BCUT2D eigenvalue weighted by molar-refractivity contribution is 7.92. The highest BCUT2D eigenvalue weighted by atomic mass is 32.2. The van der Waals surface area contributed by atoms with Gasteiger partial charge in [-0.2, -0.15) is 0 Å². The van der Waals surface area contributed by atoms with Crippen LogP contribution in [-0.2, 0) is 22.9 Å². The molecule has 4 aromatic rings. The molecule has 0 spiro atoms. The van der Waals surface area contributed by atoms with Crippen molar-refractivity contribution in [3.05, 3.63) is 119 Å². The van der Waals surface area contributed by atoms with Crippen LogP contribution in [0.2, 0.25) is 0 Å². The Morgan fingerprint density at radius 1 is 0.784 bits per heavy atom. The number of aliphatic hydroxyl groups is 1. The third kappa shape index (κ3) is 12.6. The van der Waals surface area contributed by atoms with E-state index >= 15 is 0 Å². The van der Waals surface area contributed by atoms with Crippen LogP contribution in [0.25, 0.3) is 0 Å². The van der Waals surface area contributed by atoms with E-state index in [2.05, 4.69) is 73.0 Å². The number of aromatic hydroxyl groups is 2. The number of benzene rings is 4. The van der Waals surface area contributed by atoms with Gasteiger partial charge in [-0.15, -0.1) is 0 Å². The van der Waals surface area contributed by atoms with Crippen LogP contribution < -0.4 is 14.8 Å². The van der Waals surface area contributed by atoms with Crippen LogP contribution in [0.15, 0.2) is 91.0 Å². The number of nitrogens with zero attached hydrogens (tertiary/aromatic N) is 1. The Labute approximate surface area is 304 Å². The van der Waals surface area contributed by atoms with Crippen LogP contribution in [0.5, 0.6) is 17.2 Å². The Balaban J connectivity index is 1.24. The van der Waals surface area contributed by atoms with Crippen molar-refractivity contribution in [3.63, 3.8) is 0 Å². The second-order valence-electron chi connectivity index (χ2n) is 13.8. The molecule has 0 saturated carbocycles. The average molecular weight is 718 g/mol. The molecule has 0 radical (unpaired) electrons. The molecule has 9 nitrogen and oxygen atoms in total. The summed E-state index contributed by atoms with van der Waals surface area (Å²) >= 11 is 0. The summed E-state index contributed by atoms with van der Waals surface area (Å²) < 4.78 is 31.4. The number of phenols is 2. The Bertz CT molecular complexity index is 1760. The smallest absolute Gasteiger partial charge is 0.229 e. The normalized spacial score (nSPS) is 13.1. The van der Waals surface area contributed by atoms with Gasteiger partial charge in [0.15, 0.2) is 0 Å². The highest BCUT2D eigenvalue weighted by Gasteiger charge is 2.22. The van der Waals surface area contributed by atoms with Crippen molar-refractivity contribution in [1.29, 1.82) is 0 Å². The quantitative estimate of drug-likeness (QED) is 0.0489. The molecular weight excluding hydrogens is 663 g/mol. The van der Waals surface area contributed by atoms with E-state index in [1.54, 1.807) is 6.07 Å². The fraction of sp³-hybridized carbons (Fsp3) is 0.415. The number of rotatable bonds is 20. The van der Waals surface area contributed by atoms with Gasteiger partial charge in [0.05, 0.1) is 24.7 Å². The van der Waals surface area contributed by atoms with E-state index < -0.39 is 16.1 Å². The first kappa shape index (κ1) is 39.7. The predicted octanol–water partition coefficient (Wildman–Crippen LogP) is 6.99. The zero-order chi connectivity index (χ0) is 37.0. The predicted molar refractivity (Wildman–Crippen MR) is 206 cm³/mol. The van der Waals surface area contributed by atoms with E-state index in [9.17, 15) is 23.7 Å². The molecule has 0 aliphatic heterocycles. The molecule has 0 unspecified atom stereocenters. The number of sulfonamides is 1. The number of hydrogen-bond donors (Lipinski definition) is 5. The first-order chi connectivity index (χ1) is 24.3. The Morgan fingerprint density at radius 2 is 1.45 bits per heavy atom. The van der Waals surface area contributed by atoms with Gasteiger partial charge < -0.3 is 25.4 Å². The fourth-order valence-corrected chi connectivity index (χ4v) is 7.03. The number of hydrogen-bond acceptors (Lipinski definition) is 8. The largest absolute Gasteiger partial charge is 0.508 e. The average Bonchev–Trinajstić information content (AvgIpc) is 3.09. The van der Waals surface area contributed by atoms with Crippen molar-refractivity contribution in [2.24, 2.45) is 0 Å². The second kappa shape index (κ2) is 18.9. The van der Waals surface area contributed by atoms with Gasteiger partial charge in [0, 0.05) is 30.1 Å². The zero-order valence-corrected chi connectivity index (χ0v) is 31.4. The molecule has 0 amide bonds. The third-order valence-electron chi connectivity index (χ3n) is 9.10. The van der Waals surface area contributed by atoms with Gasteiger partial charge >= 0.3 is 0 Å². The summed E-state index contributed by atoms with van der Waals surface area (Å²) in [4.78, 5) is 2.50. The molecule has 0 aliphatic rings. The third-order valence-corrected chi connectivity index (χ3v) is 9.69. The van der Waals surface area contributed by atoms with Crippen LogP contribution >= 0.6 is 0 Å². The van der Waals surface area contributed by atoms with Gasteiger partial charge in [0.1, 0.15) is 17.2 Å². The standard InChI is InChI=1S/C41H55N3O6S/c1-29(2)44(30(3)4)24-22-36(33-11-7-6-8-12-33)37-26-32(15-19-39(37)45)10-9-25-50-35-17-13-31(14-18-35)21-23-42-28-41(47)34-16-20-40(46)38(27-34)43-51(5,48)49/h6-8,11-20,26-27,29-30,36,41-43,45-47H,9-10,21-25,28H2,1-5H3/t36-,41+/m1/s1. The molecule has 0 bridgehead atoms. The summed E-state index contributed by atoms with van der Waals surface area (Å²) in [5.41, 5.74) is 5.02. The molecule has 0 fully saturated rings. The fourth-order valence-electron chi connectivity index (χ4n) is 6.47. The number of phenolic OH excluding ortho intramolecular Hbond substituents is 2. The maximum absolute atomic E-state index is 11.5. The van der Waals surface area contributed by atoms with Crippen LogP contribution in [0.3, 0.4) is 0 Å². The van der Waals surface area contributed by atoms with Crippen LogP contribution in [0.4, 0.5) is 5.69 Å². The topological polar surface area (TPSA) is 131 Å². The minimum atomic E-state index is -3.56. The Morgan fingerprint density at radius 3 is 2.12 bits per heavy atom. The first-order valence-corrected chi connectivity index (χ1v) is 19.7. The highest BCUT2D eigenvalue weighted by Crippen LogP contribution is 2.35. The summed E-state index contributed by atoms with van der Waals surface area (Å²) in [5, 5.41) is 34.7. The van der Waals surface area contributed by atoms with Crippen molar-refractivity contribution in [1.82, 2.24) is 10.2 Å². The molecule has 0 heterocycles. The van der Waals surface area contributed by atoms with Crippen molar-refractivity contribution < 1.29 is 28.5 Å². The molecule has 4 aromatic carbocycles. The lowest BCUT2D eigenvalue weighted by Gasteiger charge is -2.32. The minimum Gasteiger partial charge on any atom is -0.508 e. The van der Waals surface area contributed by atoms with Crippen LogP contribution in [0, 0.1) is 0 Å². The number of nitrogens with one attached hydrogen (secondary N) is 2. The maximum Gasteiger partial charge on any atom is 0.229 e. The van der Waals surface area contributed by atoms with Gasteiger partial charge in [-0.05, 0) is 119 Å². The van der Waals surface area contributed by atoms with E-state index in [0.717, 1.165) is 55.4 Å². The van der Waals surface area contributed by atoms with Gasteiger partial charge in [-0.3, -0.25) is 9.62 Å². The van der Waals surface area contributed by atoms with Gasteiger partial charge in [0.25, 0.3) is 0 Å². The number of aliphatic hydroxyl groups excluding tert-OH is 1. The summed E-state index contributed by atoms with van der Waals surface area (Å²) in [6.07, 6.45) is 3.49. The lowest BCUT2D eigenvalue weighted by atomic mass is 9.86. The number of aryl methyl sites for hydroxylation is 1. The number of anilines is 1. The van der Waals surface area contributed by atoms with Crippen molar-refractivity contribution in [2.75, 3.05) is 37.2 Å². The van der Waals surface area contributed by atoms with Crippen molar-refractivity contribution in [2.45, 2.75) is 77.5 Å². The first-order valence-electron chi connectivity index (χ1n) is 17.8. The van der Waals surface area contributed by atoms with E-state index in [-0.39, 0.29) is 23.9 Å². The van der Waals surface area contributed by atoms with Gasteiger partial charge in [-0.1, -0.05) is 60.7 Å². The number of ether oxygens (including phenoxy) is 1. The molecule has 0 saturated heterocycles. The van der Waals surface area contributed by atoms with Crippen LogP contribution in [-0.4, -0.2) is 73.2 Å². The lowest BCUT2D eigenvalue weighted by Crippen LogP contribution is -2.38. The summed E-state index contributed by atoms with van der Waals surface area (Å²) in [5.74, 6) is 1.04. The molecule has 276 valence electrons. The Hall–Kier alpha value is -4.09.